The lowest BCUT2D eigenvalue weighted by Gasteiger charge is -2.29. The average molecular weight is 140 g/mol. The first-order valence-electron chi connectivity index (χ1n) is 3.83. The molecule has 2 N–H and O–H groups in total. The molecule has 2 nitrogen and oxygen atoms in total. The van der Waals surface area contributed by atoms with Gasteiger partial charge in [0.15, 0.2) is 0 Å². The van der Waals surface area contributed by atoms with Gasteiger partial charge in [-0.3, -0.25) is 5.32 Å². The van der Waals surface area contributed by atoms with Crippen molar-refractivity contribution in [3.63, 3.8) is 0 Å². The zero-order chi connectivity index (χ0) is 7.56. The average Bonchev–Trinajstić information content (AvgIpc) is 1.88. The number of nitrogens with one attached hydrogen (secondary N) is 2. The fourth-order valence-corrected chi connectivity index (χ4v) is 1.37. The molecule has 0 spiro atoms. The first-order chi connectivity index (χ1) is 4.72. The molecule has 0 aromatic heterocycles. The molecular formula is C8H16N2. The van der Waals surface area contributed by atoms with E-state index in [2.05, 4.69) is 31.1 Å². The molecule has 2 heteroatoms. The van der Waals surface area contributed by atoms with Crippen LogP contribution in [0.5, 0.6) is 0 Å². The molecule has 1 heterocycles. The summed E-state index contributed by atoms with van der Waals surface area (Å²) in [6.45, 7) is 10.3. The molecule has 1 unspecified atom stereocenters. The molecule has 1 atom stereocenters. The summed E-state index contributed by atoms with van der Waals surface area (Å²) in [7, 11) is 0. The highest BCUT2D eigenvalue weighted by atomic mass is 15.1. The fraction of sp³-hybridized carbons (Fsp3) is 0.750. The third-order valence-electron chi connectivity index (χ3n) is 1.91. The van der Waals surface area contributed by atoms with Crippen LogP contribution in [-0.4, -0.2) is 19.3 Å². The molecule has 10 heavy (non-hydrogen) atoms. The molecule has 0 aliphatic carbocycles. The van der Waals surface area contributed by atoms with E-state index in [1.807, 2.05) is 0 Å². The van der Waals surface area contributed by atoms with Crippen LogP contribution in [0.4, 0.5) is 0 Å². The monoisotopic (exact) mass is 140 g/mol. The normalized spacial score (nSPS) is 27.5. The van der Waals surface area contributed by atoms with Gasteiger partial charge in [0.25, 0.3) is 0 Å². The molecule has 0 radical (unpaired) electrons. The van der Waals surface area contributed by atoms with Gasteiger partial charge in [0, 0.05) is 19.3 Å². The summed E-state index contributed by atoms with van der Waals surface area (Å²) in [5.74, 6) is 0.662. The molecule has 0 aromatic carbocycles. The van der Waals surface area contributed by atoms with Crippen LogP contribution in [0.3, 0.4) is 0 Å². The third-order valence-corrected chi connectivity index (χ3v) is 1.91. The van der Waals surface area contributed by atoms with Gasteiger partial charge >= 0.3 is 0 Å². The Kier molecular flexibility index (Phi) is 2.46. The predicted octanol–water partition coefficient (Wildman–Crippen LogP) is 0.717. The lowest BCUT2D eigenvalue weighted by Crippen LogP contribution is -2.48. The molecule has 58 valence electrons. The topological polar surface area (TPSA) is 24.1 Å². The highest BCUT2D eigenvalue weighted by Crippen LogP contribution is 2.11. The molecule has 1 aliphatic rings. The van der Waals surface area contributed by atoms with Gasteiger partial charge in [-0.2, -0.15) is 0 Å². The van der Waals surface area contributed by atoms with Crippen LogP contribution < -0.4 is 10.6 Å². The molecule has 1 saturated heterocycles. The molecule has 1 fully saturated rings. The Morgan fingerprint density at radius 2 is 2.30 bits per heavy atom. The van der Waals surface area contributed by atoms with Crippen molar-refractivity contribution >= 4 is 0 Å². The Hall–Kier alpha value is -0.340. The second-order valence-electron chi connectivity index (χ2n) is 3.19. The van der Waals surface area contributed by atoms with Gasteiger partial charge in [-0.15, -0.1) is 0 Å². The Labute approximate surface area is 62.7 Å². The van der Waals surface area contributed by atoms with Crippen LogP contribution >= 0.6 is 0 Å². The van der Waals surface area contributed by atoms with Crippen LogP contribution in [0.25, 0.3) is 0 Å². The summed E-state index contributed by atoms with van der Waals surface area (Å²) in [5, 5.41) is 6.57. The highest BCUT2D eigenvalue weighted by molar-refractivity contribution is 5.10. The predicted molar refractivity (Wildman–Crippen MR) is 43.8 cm³/mol. The molecule has 1 aliphatic heterocycles. The van der Waals surface area contributed by atoms with Crippen LogP contribution in [0.15, 0.2) is 12.2 Å². The van der Waals surface area contributed by atoms with Gasteiger partial charge in [-0.25, -0.2) is 0 Å². The maximum Gasteiger partial charge on any atom is 0.0461 e. The standard InChI is InChI=1S/C8H16N2/c1-6(2)8-7(3)4-9-5-10-8/h6,8-10H,3-5H2,1-2H3. The summed E-state index contributed by atoms with van der Waals surface area (Å²) in [4.78, 5) is 0. The minimum atomic E-state index is 0.515. The van der Waals surface area contributed by atoms with Crippen molar-refractivity contribution < 1.29 is 0 Å². The second-order valence-corrected chi connectivity index (χ2v) is 3.19. The largest absolute Gasteiger partial charge is 0.301 e. The van der Waals surface area contributed by atoms with E-state index in [9.17, 15) is 0 Å². The Morgan fingerprint density at radius 1 is 1.60 bits per heavy atom. The summed E-state index contributed by atoms with van der Waals surface area (Å²) >= 11 is 0. The molecule has 0 bridgehead atoms. The maximum absolute atomic E-state index is 3.99. The van der Waals surface area contributed by atoms with Crippen molar-refractivity contribution in [3.8, 4) is 0 Å². The minimum absolute atomic E-state index is 0.515. The smallest absolute Gasteiger partial charge is 0.0461 e. The first-order valence-corrected chi connectivity index (χ1v) is 3.83. The van der Waals surface area contributed by atoms with Crippen LogP contribution in [0.1, 0.15) is 13.8 Å². The van der Waals surface area contributed by atoms with Crippen molar-refractivity contribution in [2.45, 2.75) is 19.9 Å². The Morgan fingerprint density at radius 3 is 2.70 bits per heavy atom. The van der Waals surface area contributed by atoms with Crippen molar-refractivity contribution in [3.05, 3.63) is 12.2 Å². The van der Waals surface area contributed by atoms with E-state index in [1.54, 1.807) is 0 Å². The lowest BCUT2D eigenvalue weighted by molar-refractivity contribution is 0.389. The van der Waals surface area contributed by atoms with Crippen molar-refractivity contribution in [1.29, 1.82) is 0 Å². The molecular weight excluding hydrogens is 124 g/mol. The summed E-state index contributed by atoms with van der Waals surface area (Å²) < 4.78 is 0. The highest BCUT2D eigenvalue weighted by Gasteiger charge is 2.18. The quantitative estimate of drug-likeness (QED) is 0.524. The second kappa shape index (κ2) is 3.17. The first kappa shape index (κ1) is 7.76. The van der Waals surface area contributed by atoms with E-state index in [0.717, 1.165) is 13.2 Å². The zero-order valence-electron chi connectivity index (χ0n) is 6.78. The van der Waals surface area contributed by atoms with Gasteiger partial charge in [0.05, 0.1) is 0 Å². The Balaban J connectivity index is 2.48. The van der Waals surface area contributed by atoms with Gasteiger partial charge in [0.1, 0.15) is 0 Å². The van der Waals surface area contributed by atoms with Gasteiger partial charge in [-0.1, -0.05) is 20.4 Å². The zero-order valence-corrected chi connectivity index (χ0v) is 6.78. The van der Waals surface area contributed by atoms with E-state index in [0.29, 0.717) is 12.0 Å². The van der Waals surface area contributed by atoms with Crippen LogP contribution in [0, 0.1) is 5.92 Å². The van der Waals surface area contributed by atoms with Gasteiger partial charge < -0.3 is 5.32 Å². The third kappa shape index (κ3) is 1.58. The SMILES string of the molecule is C=C1CNCNC1C(C)C. The van der Waals surface area contributed by atoms with Crippen molar-refractivity contribution in [1.82, 2.24) is 10.6 Å². The number of rotatable bonds is 1. The number of hydrogen-bond acceptors (Lipinski definition) is 2. The van der Waals surface area contributed by atoms with E-state index in [1.165, 1.54) is 5.57 Å². The van der Waals surface area contributed by atoms with Gasteiger partial charge in [0.2, 0.25) is 0 Å². The molecule has 0 amide bonds. The summed E-state index contributed by atoms with van der Waals surface area (Å²) in [6, 6.07) is 0.515. The summed E-state index contributed by atoms with van der Waals surface area (Å²) in [6.07, 6.45) is 0. The van der Waals surface area contributed by atoms with Crippen LogP contribution in [0.2, 0.25) is 0 Å². The lowest BCUT2D eigenvalue weighted by atomic mass is 9.96. The minimum Gasteiger partial charge on any atom is -0.301 e. The van der Waals surface area contributed by atoms with Crippen LogP contribution in [-0.2, 0) is 0 Å². The van der Waals surface area contributed by atoms with E-state index in [-0.39, 0.29) is 0 Å². The molecule has 0 aromatic rings. The van der Waals surface area contributed by atoms with Gasteiger partial charge in [-0.05, 0) is 11.5 Å². The van der Waals surface area contributed by atoms with Crippen molar-refractivity contribution in [2.75, 3.05) is 13.2 Å². The number of hydrogen-bond donors (Lipinski definition) is 2. The fourth-order valence-electron chi connectivity index (χ4n) is 1.37. The van der Waals surface area contributed by atoms with E-state index < -0.39 is 0 Å². The van der Waals surface area contributed by atoms with E-state index >= 15 is 0 Å². The molecule has 0 saturated carbocycles. The van der Waals surface area contributed by atoms with E-state index in [4.69, 9.17) is 0 Å². The maximum atomic E-state index is 3.99. The molecule has 1 rings (SSSR count). The summed E-state index contributed by atoms with van der Waals surface area (Å²) in [5.41, 5.74) is 1.28. The Bertz CT molecular complexity index is 129. The van der Waals surface area contributed by atoms with Crippen molar-refractivity contribution in [2.24, 2.45) is 5.92 Å².